The highest BCUT2D eigenvalue weighted by molar-refractivity contribution is 5.95. The second-order valence-electron chi connectivity index (χ2n) is 7.50. The molecular formula is C22H19FN5O2+. The Morgan fingerprint density at radius 1 is 1.20 bits per heavy atom. The van der Waals surface area contributed by atoms with Gasteiger partial charge in [-0.2, -0.15) is 10.2 Å². The zero-order chi connectivity index (χ0) is 20.8. The number of benzene rings is 2. The first-order valence-electron chi connectivity index (χ1n) is 9.60. The van der Waals surface area contributed by atoms with Crippen LogP contribution in [0.5, 0.6) is 0 Å². The predicted octanol–water partition coefficient (Wildman–Crippen LogP) is 1.96. The van der Waals surface area contributed by atoms with Crippen molar-refractivity contribution in [1.82, 2.24) is 20.2 Å². The number of H-pyrrole nitrogens is 2. The van der Waals surface area contributed by atoms with Crippen LogP contribution in [-0.4, -0.2) is 26.1 Å². The summed E-state index contributed by atoms with van der Waals surface area (Å²) in [6, 6.07) is 11.7. The van der Waals surface area contributed by atoms with Crippen molar-refractivity contribution in [3.05, 3.63) is 92.9 Å². The van der Waals surface area contributed by atoms with Gasteiger partial charge < -0.3 is 4.90 Å². The Balaban J connectivity index is 1.45. The van der Waals surface area contributed by atoms with Crippen LogP contribution in [0, 0.1) is 5.82 Å². The summed E-state index contributed by atoms with van der Waals surface area (Å²) in [5.41, 5.74) is 3.25. The number of hydrogen-bond acceptors (Lipinski definition) is 3. The standard InChI is InChI=1S/C22H18FN5O2/c1-27-20-12-28(11-14(20)10-24-27)22(30)17-8-13(6-7-18(17)23)9-19-15-4-2-3-5-16(15)21(29)26-25-19/h2-8,10H,9,11-12H2,1H3,(H,26,29)/p+1. The van der Waals surface area contributed by atoms with Gasteiger partial charge in [-0.1, -0.05) is 24.3 Å². The summed E-state index contributed by atoms with van der Waals surface area (Å²) in [6.45, 7) is 0.880. The van der Waals surface area contributed by atoms with E-state index in [2.05, 4.69) is 15.3 Å². The molecule has 0 saturated heterocycles. The van der Waals surface area contributed by atoms with E-state index in [0.717, 1.165) is 22.2 Å². The van der Waals surface area contributed by atoms with Crippen LogP contribution in [0.25, 0.3) is 10.8 Å². The van der Waals surface area contributed by atoms with E-state index in [0.29, 0.717) is 30.6 Å². The molecule has 0 bridgehead atoms. The van der Waals surface area contributed by atoms with E-state index in [9.17, 15) is 14.0 Å². The summed E-state index contributed by atoms with van der Waals surface area (Å²) in [7, 11) is 1.88. The van der Waals surface area contributed by atoms with Gasteiger partial charge in [0, 0.05) is 11.8 Å². The average Bonchev–Trinajstić information content (AvgIpc) is 3.33. The van der Waals surface area contributed by atoms with Gasteiger partial charge in [0.1, 0.15) is 12.4 Å². The van der Waals surface area contributed by atoms with Gasteiger partial charge in [0.15, 0.2) is 7.05 Å². The smallest absolute Gasteiger partial charge is 0.272 e. The molecule has 7 nitrogen and oxygen atoms in total. The first kappa shape index (κ1) is 18.2. The zero-order valence-electron chi connectivity index (χ0n) is 16.3. The molecule has 0 aliphatic carbocycles. The molecule has 2 N–H and O–H groups in total. The maximum Gasteiger partial charge on any atom is 0.272 e. The monoisotopic (exact) mass is 404 g/mol. The quantitative estimate of drug-likeness (QED) is 0.512. The Morgan fingerprint density at radius 2 is 2.00 bits per heavy atom. The van der Waals surface area contributed by atoms with Crippen molar-refractivity contribution in [2.75, 3.05) is 0 Å². The van der Waals surface area contributed by atoms with E-state index in [-0.39, 0.29) is 17.0 Å². The molecule has 1 aliphatic rings. The Kier molecular flexibility index (Phi) is 4.20. The van der Waals surface area contributed by atoms with Gasteiger partial charge in [0.25, 0.3) is 11.5 Å². The SMILES string of the molecule is C[n+]1[nH]cc2c1CN(C(=O)c1cc(Cc3n[nH]c(=O)c4ccccc34)ccc1F)C2. The molecule has 3 heterocycles. The first-order chi connectivity index (χ1) is 14.5. The molecule has 150 valence electrons. The molecule has 4 aromatic rings. The van der Waals surface area contributed by atoms with Crippen LogP contribution in [-0.2, 0) is 26.6 Å². The first-order valence-corrected chi connectivity index (χ1v) is 9.60. The lowest BCUT2D eigenvalue weighted by Crippen LogP contribution is -2.36. The highest BCUT2D eigenvalue weighted by Crippen LogP contribution is 2.24. The van der Waals surface area contributed by atoms with Crippen LogP contribution in [0.2, 0.25) is 0 Å². The summed E-state index contributed by atoms with van der Waals surface area (Å²) in [5, 5.41) is 11.0. The van der Waals surface area contributed by atoms with E-state index in [4.69, 9.17) is 0 Å². The summed E-state index contributed by atoms with van der Waals surface area (Å²) in [4.78, 5) is 26.6. The Morgan fingerprint density at radius 3 is 2.80 bits per heavy atom. The van der Waals surface area contributed by atoms with Crippen molar-refractivity contribution in [2.45, 2.75) is 19.5 Å². The number of hydrogen-bond donors (Lipinski definition) is 2. The Labute approximate surface area is 170 Å². The molecule has 0 radical (unpaired) electrons. The number of aryl methyl sites for hydroxylation is 1. The molecule has 1 aliphatic heterocycles. The maximum absolute atomic E-state index is 14.5. The van der Waals surface area contributed by atoms with E-state index in [1.165, 1.54) is 6.07 Å². The Hall–Kier alpha value is -3.81. The number of carbonyl (C=O) groups excluding carboxylic acids is 1. The fraction of sp³-hybridized carbons (Fsp3) is 0.182. The van der Waals surface area contributed by atoms with Crippen molar-refractivity contribution < 1.29 is 13.9 Å². The third-order valence-corrected chi connectivity index (χ3v) is 5.60. The fourth-order valence-electron chi connectivity index (χ4n) is 4.00. The average molecular weight is 404 g/mol. The molecule has 5 rings (SSSR count). The second-order valence-corrected chi connectivity index (χ2v) is 7.50. The normalized spacial score (nSPS) is 13.1. The summed E-state index contributed by atoms with van der Waals surface area (Å²) in [6.07, 6.45) is 2.23. The molecular weight excluding hydrogens is 385 g/mol. The summed E-state index contributed by atoms with van der Waals surface area (Å²) < 4.78 is 16.4. The number of amides is 1. The third kappa shape index (κ3) is 2.97. The number of fused-ring (bicyclic) bond motifs is 2. The molecule has 0 spiro atoms. The molecule has 30 heavy (non-hydrogen) atoms. The number of aromatic amines is 2. The molecule has 1 amide bonds. The van der Waals surface area contributed by atoms with Gasteiger partial charge in [0.05, 0.1) is 34.9 Å². The van der Waals surface area contributed by atoms with Crippen LogP contribution in [0.3, 0.4) is 0 Å². The number of carbonyl (C=O) groups is 1. The van der Waals surface area contributed by atoms with Crippen LogP contribution >= 0.6 is 0 Å². The van der Waals surface area contributed by atoms with Gasteiger partial charge in [-0.05, 0) is 23.8 Å². The van der Waals surface area contributed by atoms with Crippen LogP contribution in [0.4, 0.5) is 4.39 Å². The minimum absolute atomic E-state index is 0.0398. The number of nitrogens with one attached hydrogen (secondary N) is 2. The van der Waals surface area contributed by atoms with Gasteiger partial charge in [-0.3, -0.25) is 9.59 Å². The molecule has 2 aromatic heterocycles. The van der Waals surface area contributed by atoms with E-state index < -0.39 is 5.82 Å². The molecule has 0 unspecified atom stereocenters. The van der Waals surface area contributed by atoms with Crippen LogP contribution in [0.1, 0.15) is 32.9 Å². The third-order valence-electron chi connectivity index (χ3n) is 5.60. The minimum Gasteiger partial charge on any atom is -0.323 e. The minimum atomic E-state index is -0.550. The van der Waals surface area contributed by atoms with Crippen molar-refractivity contribution in [3.8, 4) is 0 Å². The predicted molar refractivity (Wildman–Crippen MR) is 107 cm³/mol. The van der Waals surface area contributed by atoms with Crippen molar-refractivity contribution in [1.29, 1.82) is 0 Å². The van der Waals surface area contributed by atoms with Crippen molar-refractivity contribution >= 4 is 16.7 Å². The highest BCUT2D eigenvalue weighted by Gasteiger charge is 2.32. The van der Waals surface area contributed by atoms with Crippen LogP contribution in [0.15, 0.2) is 53.5 Å². The molecule has 0 fully saturated rings. The van der Waals surface area contributed by atoms with Gasteiger partial charge in [-0.15, -0.1) is 4.68 Å². The molecule has 0 saturated carbocycles. The van der Waals surface area contributed by atoms with E-state index >= 15 is 0 Å². The number of rotatable bonds is 3. The summed E-state index contributed by atoms with van der Waals surface area (Å²) in [5.74, 6) is -0.893. The second kappa shape index (κ2) is 6.91. The number of nitrogens with zero attached hydrogens (tertiary/aromatic N) is 3. The van der Waals surface area contributed by atoms with E-state index in [1.54, 1.807) is 29.2 Å². The lowest BCUT2D eigenvalue weighted by molar-refractivity contribution is -0.733. The lowest BCUT2D eigenvalue weighted by atomic mass is 10.0. The molecule has 2 aromatic carbocycles. The topological polar surface area (TPSA) is 85.7 Å². The lowest BCUT2D eigenvalue weighted by Gasteiger charge is -2.16. The molecule has 8 heteroatoms. The molecule has 0 atom stereocenters. The van der Waals surface area contributed by atoms with Crippen molar-refractivity contribution in [2.24, 2.45) is 7.05 Å². The fourth-order valence-corrected chi connectivity index (χ4v) is 4.00. The summed E-state index contributed by atoms with van der Waals surface area (Å²) >= 11 is 0. The Bertz CT molecular complexity index is 1360. The van der Waals surface area contributed by atoms with Gasteiger partial charge in [-0.25, -0.2) is 9.49 Å². The maximum atomic E-state index is 14.5. The van der Waals surface area contributed by atoms with E-state index in [1.807, 2.05) is 30.1 Å². The number of halogens is 1. The van der Waals surface area contributed by atoms with Gasteiger partial charge >= 0.3 is 0 Å². The van der Waals surface area contributed by atoms with Crippen molar-refractivity contribution in [3.63, 3.8) is 0 Å². The number of aromatic nitrogens is 4. The highest BCUT2D eigenvalue weighted by atomic mass is 19.1. The zero-order valence-corrected chi connectivity index (χ0v) is 16.3. The largest absolute Gasteiger partial charge is 0.323 e. The van der Waals surface area contributed by atoms with Gasteiger partial charge in [0.2, 0.25) is 5.69 Å². The van der Waals surface area contributed by atoms with Crippen LogP contribution < -0.4 is 10.2 Å².